The zero-order chi connectivity index (χ0) is 18.5. The Morgan fingerprint density at radius 1 is 1.23 bits per heavy atom. The van der Waals surface area contributed by atoms with Crippen LogP contribution in [0, 0.1) is 0 Å². The van der Waals surface area contributed by atoms with Crippen LogP contribution >= 0.6 is 11.3 Å². The van der Waals surface area contributed by atoms with Gasteiger partial charge in [0, 0.05) is 40.1 Å². The van der Waals surface area contributed by atoms with Gasteiger partial charge in [0.1, 0.15) is 13.2 Å². The van der Waals surface area contributed by atoms with Crippen molar-refractivity contribution in [2.75, 3.05) is 46.3 Å². The second-order valence-electron chi connectivity index (χ2n) is 6.25. The molecule has 2 heterocycles. The van der Waals surface area contributed by atoms with Gasteiger partial charge in [0.15, 0.2) is 22.6 Å². The summed E-state index contributed by atoms with van der Waals surface area (Å²) < 4.78 is 11.2. The lowest BCUT2D eigenvalue weighted by molar-refractivity contribution is 0.171. The van der Waals surface area contributed by atoms with Crippen LogP contribution < -0.4 is 19.7 Å². The average Bonchev–Trinajstić information content (AvgIpc) is 3.11. The van der Waals surface area contributed by atoms with Crippen LogP contribution in [-0.2, 0) is 13.1 Å². The van der Waals surface area contributed by atoms with Crippen molar-refractivity contribution in [3.63, 3.8) is 0 Å². The van der Waals surface area contributed by atoms with E-state index >= 15 is 0 Å². The van der Waals surface area contributed by atoms with Gasteiger partial charge in [-0.3, -0.25) is 4.99 Å². The number of fused-ring (bicyclic) bond motifs is 1. The van der Waals surface area contributed by atoms with Crippen LogP contribution in [0.25, 0.3) is 0 Å². The molecule has 8 heteroatoms. The summed E-state index contributed by atoms with van der Waals surface area (Å²) in [5, 5.41) is 6.43. The van der Waals surface area contributed by atoms with Gasteiger partial charge < -0.3 is 24.6 Å². The highest BCUT2D eigenvalue weighted by atomic mass is 32.1. The van der Waals surface area contributed by atoms with E-state index in [0.717, 1.165) is 40.4 Å². The molecule has 0 amide bonds. The molecule has 0 aliphatic carbocycles. The van der Waals surface area contributed by atoms with Crippen LogP contribution in [0.4, 0.5) is 5.13 Å². The summed E-state index contributed by atoms with van der Waals surface area (Å²) in [7, 11) is 7.79. The minimum Gasteiger partial charge on any atom is -0.486 e. The summed E-state index contributed by atoms with van der Waals surface area (Å²) >= 11 is 1.64. The Kier molecular flexibility index (Phi) is 5.82. The van der Waals surface area contributed by atoms with Crippen molar-refractivity contribution in [1.29, 1.82) is 0 Å². The Morgan fingerprint density at radius 2 is 2.00 bits per heavy atom. The molecule has 0 unspecified atom stereocenters. The number of guanidine groups is 1. The molecule has 1 aromatic heterocycles. The summed E-state index contributed by atoms with van der Waals surface area (Å²) in [5.74, 6) is 2.44. The number of nitrogens with zero attached hydrogens (tertiary/aromatic N) is 4. The maximum absolute atomic E-state index is 5.66. The van der Waals surface area contributed by atoms with E-state index in [0.29, 0.717) is 19.8 Å². The first-order chi connectivity index (χ1) is 12.6. The molecule has 3 rings (SSSR count). The van der Waals surface area contributed by atoms with Crippen molar-refractivity contribution < 1.29 is 9.47 Å². The highest BCUT2D eigenvalue weighted by Gasteiger charge is 2.14. The van der Waals surface area contributed by atoms with E-state index in [9.17, 15) is 0 Å². The molecule has 0 spiro atoms. The minimum absolute atomic E-state index is 0.595. The van der Waals surface area contributed by atoms with Crippen LogP contribution in [0.5, 0.6) is 11.5 Å². The lowest BCUT2D eigenvalue weighted by atomic mass is 10.2. The SMILES string of the molecule is CN=C(NCc1csc(N(C)C)n1)N(C)Cc1ccc2c(c1)OCCO2. The fourth-order valence-corrected chi connectivity index (χ4v) is 3.43. The van der Waals surface area contributed by atoms with Crippen LogP contribution in [-0.4, -0.2) is 57.2 Å². The van der Waals surface area contributed by atoms with Crippen molar-refractivity contribution in [2.45, 2.75) is 13.1 Å². The van der Waals surface area contributed by atoms with E-state index in [1.807, 2.05) is 38.2 Å². The molecule has 26 heavy (non-hydrogen) atoms. The molecule has 1 aliphatic rings. The van der Waals surface area contributed by atoms with Gasteiger partial charge >= 0.3 is 0 Å². The first-order valence-electron chi connectivity index (χ1n) is 8.49. The number of rotatable bonds is 5. The first-order valence-corrected chi connectivity index (χ1v) is 9.37. The largest absolute Gasteiger partial charge is 0.486 e. The van der Waals surface area contributed by atoms with Crippen molar-refractivity contribution in [1.82, 2.24) is 15.2 Å². The second kappa shape index (κ2) is 8.27. The van der Waals surface area contributed by atoms with Crippen molar-refractivity contribution >= 4 is 22.4 Å². The van der Waals surface area contributed by atoms with Crippen LogP contribution in [0.2, 0.25) is 0 Å². The van der Waals surface area contributed by atoms with Crippen molar-refractivity contribution in [3.05, 3.63) is 34.8 Å². The molecule has 0 atom stereocenters. The summed E-state index contributed by atoms with van der Waals surface area (Å²) in [6, 6.07) is 6.05. The molecule has 1 N–H and O–H groups in total. The molecule has 0 fully saturated rings. The average molecular weight is 375 g/mol. The zero-order valence-electron chi connectivity index (χ0n) is 15.7. The Morgan fingerprint density at radius 3 is 2.69 bits per heavy atom. The number of anilines is 1. The molecule has 140 valence electrons. The summed E-state index contributed by atoms with van der Waals surface area (Å²) in [4.78, 5) is 13.0. The molecule has 0 bridgehead atoms. The second-order valence-corrected chi connectivity index (χ2v) is 7.09. The zero-order valence-corrected chi connectivity index (χ0v) is 16.5. The molecule has 2 aromatic rings. The van der Waals surface area contributed by atoms with E-state index in [1.54, 1.807) is 18.4 Å². The normalized spacial score (nSPS) is 13.5. The Labute approximate surface area is 158 Å². The minimum atomic E-state index is 0.595. The van der Waals surface area contributed by atoms with Gasteiger partial charge in [0.2, 0.25) is 0 Å². The third-order valence-electron chi connectivity index (χ3n) is 3.95. The topological polar surface area (TPSA) is 62.2 Å². The fraction of sp³-hybridized carbons (Fsp3) is 0.444. The Hall–Kier alpha value is -2.48. The third kappa shape index (κ3) is 4.37. The number of aromatic nitrogens is 1. The van der Waals surface area contributed by atoms with Crippen LogP contribution in [0.1, 0.15) is 11.3 Å². The molecule has 7 nitrogen and oxygen atoms in total. The molecular weight excluding hydrogens is 350 g/mol. The van der Waals surface area contributed by atoms with Gasteiger partial charge in [-0.15, -0.1) is 11.3 Å². The molecular formula is C18H25N5O2S. The van der Waals surface area contributed by atoms with E-state index in [4.69, 9.17) is 9.47 Å². The number of hydrogen-bond acceptors (Lipinski definition) is 6. The monoisotopic (exact) mass is 375 g/mol. The van der Waals surface area contributed by atoms with Gasteiger partial charge in [-0.1, -0.05) is 6.07 Å². The van der Waals surface area contributed by atoms with Crippen LogP contribution in [0.3, 0.4) is 0 Å². The van der Waals surface area contributed by atoms with Gasteiger partial charge in [0.05, 0.1) is 12.2 Å². The highest BCUT2D eigenvalue weighted by Crippen LogP contribution is 2.31. The van der Waals surface area contributed by atoms with E-state index in [1.165, 1.54) is 0 Å². The molecule has 0 radical (unpaired) electrons. The van der Waals surface area contributed by atoms with E-state index < -0.39 is 0 Å². The number of ether oxygens (including phenoxy) is 2. The highest BCUT2D eigenvalue weighted by molar-refractivity contribution is 7.13. The molecule has 0 saturated carbocycles. The predicted molar refractivity (Wildman–Crippen MR) is 106 cm³/mol. The fourth-order valence-electron chi connectivity index (χ4n) is 2.67. The lowest BCUT2D eigenvalue weighted by Gasteiger charge is -2.23. The van der Waals surface area contributed by atoms with Gasteiger partial charge in [-0.2, -0.15) is 0 Å². The quantitative estimate of drug-likeness (QED) is 0.639. The summed E-state index contributed by atoms with van der Waals surface area (Å²) in [6.45, 7) is 2.56. The predicted octanol–water partition coefficient (Wildman–Crippen LogP) is 2.19. The number of thiazole rings is 1. The van der Waals surface area contributed by atoms with Gasteiger partial charge in [-0.25, -0.2) is 4.98 Å². The Bertz CT molecular complexity index is 775. The number of nitrogens with one attached hydrogen (secondary N) is 1. The number of hydrogen-bond donors (Lipinski definition) is 1. The summed E-state index contributed by atoms with van der Waals surface area (Å²) in [6.07, 6.45) is 0. The maximum atomic E-state index is 5.66. The standard InChI is InChI=1S/C18H25N5O2S/c1-19-17(20-10-14-12-26-18(21-14)22(2)3)23(4)11-13-5-6-15-16(9-13)25-8-7-24-15/h5-6,9,12H,7-8,10-11H2,1-4H3,(H,19,20). The number of aliphatic imine (C=N–C) groups is 1. The lowest BCUT2D eigenvalue weighted by Crippen LogP contribution is -2.38. The Balaban J connectivity index is 1.59. The van der Waals surface area contributed by atoms with E-state index in [-0.39, 0.29) is 0 Å². The van der Waals surface area contributed by atoms with Gasteiger partial charge in [-0.05, 0) is 17.7 Å². The van der Waals surface area contributed by atoms with Crippen molar-refractivity contribution in [3.8, 4) is 11.5 Å². The summed E-state index contributed by atoms with van der Waals surface area (Å²) in [5.41, 5.74) is 2.15. The van der Waals surface area contributed by atoms with Crippen LogP contribution in [0.15, 0.2) is 28.6 Å². The molecule has 1 aliphatic heterocycles. The van der Waals surface area contributed by atoms with E-state index in [2.05, 4.69) is 31.6 Å². The smallest absolute Gasteiger partial charge is 0.194 e. The number of benzene rings is 1. The molecule has 0 saturated heterocycles. The molecule has 1 aromatic carbocycles. The maximum Gasteiger partial charge on any atom is 0.194 e. The third-order valence-corrected chi connectivity index (χ3v) is 5.01. The van der Waals surface area contributed by atoms with Gasteiger partial charge in [0.25, 0.3) is 0 Å². The van der Waals surface area contributed by atoms with Crippen molar-refractivity contribution in [2.24, 2.45) is 4.99 Å². The first kappa shape index (κ1) is 18.3.